The van der Waals surface area contributed by atoms with Crippen molar-refractivity contribution in [2.24, 2.45) is 0 Å². The molecule has 0 saturated carbocycles. The molecular weight excluding hydrogens is 171 g/mol. The zero-order chi connectivity index (χ0) is 10.0. The Morgan fingerprint density at radius 3 is 2.46 bits per heavy atom. The Balaban J connectivity index is 3.19. The van der Waals surface area contributed by atoms with Gasteiger partial charge in [-0.15, -0.1) is 0 Å². The molecule has 1 aromatic carbocycles. The molecule has 0 aliphatic heterocycles. The lowest BCUT2D eigenvalue weighted by Crippen LogP contribution is -2.30. The molecule has 0 unspecified atom stereocenters. The lowest BCUT2D eigenvalue weighted by Gasteiger charge is -2.03. The molecule has 5 heteroatoms. The van der Waals surface area contributed by atoms with Crippen LogP contribution in [0.2, 0.25) is 0 Å². The van der Waals surface area contributed by atoms with Crippen molar-refractivity contribution < 1.29 is 19.9 Å². The summed E-state index contributed by atoms with van der Waals surface area (Å²) in [6.07, 6.45) is 0. The van der Waals surface area contributed by atoms with Crippen molar-refractivity contribution >= 4 is 18.6 Å². The average Bonchev–Trinajstić information content (AvgIpc) is 2.04. The van der Waals surface area contributed by atoms with Gasteiger partial charge in [-0.1, -0.05) is 12.1 Å². The molecule has 0 atom stereocenters. The highest BCUT2D eigenvalue weighted by Crippen LogP contribution is 2.05. The second-order valence-electron chi connectivity index (χ2n) is 2.75. The number of carboxylic acids is 1. The van der Waals surface area contributed by atoms with Gasteiger partial charge < -0.3 is 15.2 Å². The van der Waals surface area contributed by atoms with Crippen LogP contribution in [-0.2, 0) is 0 Å². The molecule has 0 heterocycles. The average molecular weight is 180 g/mol. The normalized spacial score (nSPS) is 9.77. The highest BCUT2D eigenvalue weighted by molar-refractivity contribution is 6.58. The maximum Gasteiger partial charge on any atom is 0.488 e. The van der Waals surface area contributed by atoms with Crippen molar-refractivity contribution in [3.63, 3.8) is 0 Å². The summed E-state index contributed by atoms with van der Waals surface area (Å²) in [6.45, 7) is 1.65. The monoisotopic (exact) mass is 180 g/mol. The third kappa shape index (κ3) is 2.08. The summed E-state index contributed by atoms with van der Waals surface area (Å²) in [5.41, 5.74) is 0.866. The second kappa shape index (κ2) is 3.59. The quantitative estimate of drug-likeness (QED) is 0.529. The van der Waals surface area contributed by atoms with Crippen molar-refractivity contribution in [1.29, 1.82) is 0 Å². The predicted octanol–water partition coefficient (Wildman–Crippen LogP) is -0.627. The molecule has 1 aromatic rings. The maximum absolute atomic E-state index is 10.6. The van der Waals surface area contributed by atoms with E-state index in [9.17, 15) is 4.79 Å². The number of rotatable bonds is 2. The fourth-order valence-electron chi connectivity index (χ4n) is 1.03. The van der Waals surface area contributed by atoms with Crippen molar-refractivity contribution in [1.82, 2.24) is 0 Å². The fourth-order valence-corrected chi connectivity index (χ4v) is 1.03. The summed E-state index contributed by atoms with van der Waals surface area (Å²) in [5, 5.41) is 26.3. The van der Waals surface area contributed by atoms with Gasteiger partial charge >= 0.3 is 13.1 Å². The molecule has 0 spiro atoms. The van der Waals surface area contributed by atoms with E-state index in [2.05, 4.69) is 0 Å². The van der Waals surface area contributed by atoms with E-state index in [1.165, 1.54) is 18.2 Å². The summed E-state index contributed by atoms with van der Waals surface area (Å²) >= 11 is 0. The SMILES string of the molecule is Cc1ccc(B(O)O)cc1C(=O)O. The molecule has 3 N–H and O–H groups in total. The van der Waals surface area contributed by atoms with Crippen LogP contribution in [0.4, 0.5) is 0 Å². The second-order valence-corrected chi connectivity index (χ2v) is 2.75. The Bertz CT molecular complexity index is 335. The van der Waals surface area contributed by atoms with Gasteiger partial charge in [0.15, 0.2) is 0 Å². The van der Waals surface area contributed by atoms with Crippen molar-refractivity contribution in [2.75, 3.05) is 0 Å². The molecule has 0 aliphatic rings. The van der Waals surface area contributed by atoms with E-state index >= 15 is 0 Å². The van der Waals surface area contributed by atoms with Gasteiger partial charge in [0.25, 0.3) is 0 Å². The molecule has 0 aliphatic carbocycles. The van der Waals surface area contributed by atoms with Crippen LogP contribution in [0.1, 0.15) is 15.9 Å². The van der Waals surface area contributed by atoms with Gasteiger partial charge in [-0.2, -0.15) is 0 Å². The van der Waals surface area contributed by atoms with E-state index in [1.54, 1.807) is 6.92 Å². The molecule has 68 valence electrons. The standard InChI is InChI=1S/C8H9BO4/c1-5-2-3-6(9(12)13)4-7(5)8(10)11/h2-4,12-13H,1H3,(H,10,11). The number of carbonyl (C=O) groups is 1. The molecule has 13 heavy (non-hydrogen) atoms. The lowest BCUT2D eigenvalue weighted by atomic mass is 9.79. The zero-order valence-electron chi connectivity index (χ0n) is 7.06. The highest BCUT2D eigenvalue weighted by atomic mass is 16.4. The van der Waals surface area contributed by atoms with Gasteiger partial charge in [-0.3, -0.25) is 0 Å². The summed E-state index contributed by atoms with van der Waals surface area (Å²) in [4.78, 5) is 10.6. The van der Waals surface area contributed by atoms with Gasteiger partial charge in [0.2, 0.25) is 0 Å². The Morgan fingerprint density at radius 2 is 2.00 bits per heavy atom. The minimum absolute atomic E-state index is 0.0885. The summed E-state index contributed by atoms with van der Waals surface area (Å²) in [6, 6.07) is 4.27. The molecule has 0 saturated heterocycles. The first-order valence-corrected chi connectivity index (χ1v) is 3.72. The molecule has 0 aromatic heterocycles. The highest BCUT2D eigenvalue weighted by Gasteiger charge is 2.14. The molecule has 4 nitrogen and oxygen atoms in total. The molecule has 0 fully saturated rings. The Labute approximate surface area is 75.6 Å². The number of aryl methyl sites for hydroxylation is 1. The molecule has 0 bridgehead atoms. The lowest BCUT2D eigenvalue weighted by molar-refractivity contribution is 0.0696. The van der Waals surface area contributed by atoms with Crippen molar-refractivity contribution in [2.45, 2.75) is 6.92 Å². The Kier molecular flexibility index (Phi) is 2.70. The van der Waals surface area contributed by atoms with Crippen LogP contribution in [0.3, 0.4) is 0 Å². The Morgan fingerprint density at radius 1 is 1.38 bits per heavy atom. The third-order valence-electron chi connectivity index (χ3n) is 1.79. The van der Waals surface area contributed by atoms with E-state index in [0.717, 1.165) is 0 Å². The van der Waals surface area contributed by atoms with E-state index < -0.39 is 13.1 Å². The number of benzene rings is 1. The minimum atomic E-state index is -1.63. The first kappa shape index (κ1) is 9.76. The number of hydrogen-bond acceptors (Lipinski definition) is 3. The topological polar surface area (TPSA) is 77.8 Å². The fraction of sp³-hybridized carbons (Fsp3) is 0.125. The third-order valence-corrected chi connectivity index (χ3v) is 1.79. The van der Waals surface area contributed by atoms with E-state index in [1.807, 2.05) is 0 Å². The predicted molar refractivity (Wildman–Crippen MR) is 48.0 cm³/mol. The molecule has 1 rings (SSSR count). The van der Waals surface area contributed by atoms with Gasteiger partial charge in [0.05, 0.1) is 5.56 Å². The van der Waals surface area contributed by atoms with Crippen LogP contribution < -0.4 is 5.46 Å². The van der Waals surface area contributed by atoms with E-state index in [4.69, 9.17) is 15.2 Å². The van der Waals surface area contributed by atoms with Crippen LogP contribution in [0.25, 0.3) is 0 Å². The Hall–Kier alpha value is -1.33. The van der Waals surface area contributed by atoms with Gasteiger partial charge in [0, 0.05) is 0 Å². The van der Waals surface area contributed by atoms with Crippen molar-refractivity contribution in [3.8, 4) is 0 Å². The zero-order valence-corrected chi connectivity index (χ0v) is 7.06. The van der Waals surface area contributed by atoms with Crippen LogP contribution in [-0.4, -0.2) is 28.2 Å². The number of aromatic carboxylic acids is 1. The van der Waals surface area contributed by atoms with Gasteiger partial charge in [0.1, 0.15) is 0 Å². The van der Waals surface area contributed by atoms with Crippen LogP contribution >= 0.6 is 0 Å². The first-order chi connectivity index (χ1) is 6.02. The summed E-state index contributed by atoms with van der Waals surface area (Å²) < 4.78 is 0. The molecule has 0 radical (unpaired) electrons. The van der Waals surface area contributed by atoms with Crippen LogP contribution in [0.15, 0.2) is 18.2 Å². The maximum atomic E-state index is 10.6. The first-order valence-electron chi connectivity index (χ1n) is 3.72. The minimum Gasteiger partial charge on any atom is -0.478 e. The summed E-state index contributed by atoms with van der Waals surface area (Å²) in [5.74, 6) is -1.07. The summed E-state index contributed by atoms with van der Waals surface area (Å²) in [7, 11) is -1.63. The van der Waals surface area contributed by atoms with E-state index in [0.29, 0.717) is 5.56 Å². The van der Waals surface area contributed by atoms with Crippen LogP contribution in [0, 0.1) is 6.92 Å². The smallest absolute Gasteiger partial charge is 0.478 e. The van der Waals surface area contributed by atoms with E-state index in [-0.39, 0.29) is 11.0 Å². The van der Waals surface area contributed by atoms with Crippen LogP contribution in [0.5, 0.6) is 0 Å². The van der Waals surface area contributed by atoms with Gasteiger partial charge in [-0.05, 0) is 24.0 Å². The molecular formula is C8H9BO4. The number of hydrogen-bond donors (Lipinski definition) is 3. The van der Waals surface area contributed by atoms with Gasteiger partial charge in [-0.25, -0.2) is 4.79 Å². The number of carboxylic acid groups (broad SMARTS) is 1. The van der Waals surface area contributed by atoms with Crippen molar-refractivity contribution in [3.05, 3.63) is 29.3 Å². The molecule has 0 amide bonds. The largest absolute Gasteiger partial charge is 0.488 e.